The van der Waals surface area contributed by atoms with E-state index in [0.717, 1.165) is 36.4 Å². The summed E-state index contributed by atoms with van der Waals surface area (Å²) in [5, 5.41) is 9.34. The normalized spacial score (nSPS) is 18.3. The van der Waals surface area contributed by atoms with E-state index in [0.29, 0.717) is 61.8 Å². The number of carboxylic acid groups (broad SMARTS) is 1. The zero-order chi connectivity index (χ0) is 30.7. The van der Waals surface area contributed by atoms with Crippen molar-refractivity contribution in [2.75, 3.05) is 44.2 Å². The second-order valence-corrected chi connectivity index (χ2v) is 12.5. The van der Waals surface area contributed by atoms with E-state index in [1.165, 1.54) is 23.6 Å². The Hall–Kier alpha value is -3.13. The number of piperazine rings is 1. The van der Waals surface area contributed by atoms with Crippen LogP contribution in [0.5, 0.6) is 0 Å². The Labute approximate surface area is 256 Å². The molecule has 2 aliphatic rings. The molecule has 43 heavy (non-hydrogen) atoms. The number of halogens is 4. The first-order chi connectivity index (χ1) is 20.5. The predicted octanol–water partition coefficient (Wildman–Crippen LogP) is 5.28. The highest BCUT2D eigenvalue weighted by Gasteiger charge is 2.32. The number of benzene rings is 1. The summed E-state index contributed by atoms with van der Waals surface area (Å²) in [6.45, 7) is 6.78. The first-order valence-electron chi connectivity index (χ1n) is 14.1. The van der Waals surface area contributed by atoms with Crippen LogP contribution in [-0.2, 0) is 23.9 Å². The Kier molecular flexibility index (Phi) is 9.64. The van der Waals surface area contributed by atoms with Gasteiger partial charge in [-0.1, -0.05) is 11.6 Å². The van der Waals surface area contributed by atoms with Gasteiger partial charge < -0.3 is 10.0 Å². The number of anilines is 1. The van der Waals surface area contributed by atoms with E-state index in [2.05, 4.69) is 31.7 Å². The van der Waals surface area contributed by atoms with Gasteiger partial charge in [0.25, 0.3) is 0 Å². The van der Waals surface area contributed by atoms with Crippen LogP contribution in [0.4, 0.5) is 19.0 Å². The third-order valence-corrected chi connectivity index (χ3v) is 9.11. The maximum absolute atomic E-state index is 13.6. The molecule has 1 N–H and O–H groups in total. The maximum Gasteiger partial charge on any atom is 0.416 e. The minimum atomic E-state index is -4.56. The minimum Gasteiger partial charge on any atom is -0.481 e. The van der Waals surface area contributed by atoms with Crippen molar-refractivity contribution < 1.29 is 27.9 Å². The van der Waals surface area contributed by atoms with E-state index < -0.39 is 17.7 Å². The van der Waals surface area contributed by atoms with Gasteiger partial charge in [0.15, 0.2) is 5.78 Å². The standard InChI is InChI=1S/C29H32ClF3N6O3S/c1-18-3-2-5-39(18)17-24-28(19-11-20(29(31,32)33)13-21(30)12-19)36-26(43-24)14-23(40)22-15-35-25(16-34-22)38-9-7-37(8-10-38)6-4-27(41)42/h11-13,15-16,18H,2-10,14,17H2,1H3,(H,41,42)/t18-/m1/s1. The van der Waals surface area contributed by atoms with Crippen molar-refractivity contribution in [3.8, 4) is 11.3 Å². The molecule has 0 bridgehead atoms. The van der Waals surface area contributed by atoms with E-state index in [1.54, 1.807) is 6.20 Å². The van der Waals surface area contributed by atoms with Crippen molar-refractivity contribution in [1.82, 2.24) is 24.8 Å². The topological polar surface area (TPSA) is 103 Å². The fraction of sp³-hybridized carbons (Fsp3) is 0.483. The van der Waals surface area contributed by atoms with Crippen LogP contribution < -0.4 is 4.90 Å². The molecule has 2 fully saturated rings. The Bertz CT molecular complexity index is 1460. The number of aliphatic carboxylic acids is 1. The SMILES string of the molecule is C[C@@H]1CCCN1Cc1sc(CC(=O)c2cnc(N3CCN(CCC(=O)O)CC3)cn2)nc1-c1cc(Cl)cc(C(F)(F)F)c1. The van der Waals surface area contributed by atoms with Crippen LogP contribution in [0.15, 0.2) is 30.6 Å². The van der Waals surface area contributed by atoms with Gasteiger partial charge in [-0.15, -0.1) is 11.3 Å². The monoisotopic (exact) mass is 636 g/mol. The molecule has 0 spiro atoms. The molecule has 9 nitrogen and oxygen atoms in total. The number of likely N-dealkylation sites (tertiary alicyclic amines) is 1. The maximum atomic E-state index is 13.6. The number of carboxylic acids is 1. The molecule has 0 radical (unpaired) electrons. The van der Waals surface area contributed by atoms with Crippen molar-refractivity contribution in [2.24, 2.45) is 0 Å². The number of carbonyl (C=O) groups is 2. The summed E-state index contributed by atoms with van der Waals surface area (Å²) in [5.41, 5.74) is 0.00299. The number of aromatic nitrogens is 3. The zero-order valence-corrected chi connectivity index (χ0v) is 25.2. The fourth-order valence-electron chi connectivity index (χ4n) is 5.42. The van der Waals surface area contributed by atoms with Gasteiger partial charge in [0.2, 0.25) is 0 Å². The molecule has 1 atom stereocenters. The number of alkyl halides is 3. The summed E-state index contributed by atoms with van der Waals surface area (Å²) in [5.74, 6) is -0.476. The van der Waals surface area contributed by atoms with Crippen LogP contribution in [0.3, 0.4) is 0 Å². The lowest BCUT2D eigenvalue weighted by molar-refractivity contribution is -0.138. The number of hydrogen-bond donors (Lipinski definition) is 1. The van der Waals surface area contributed by atoms with E-state index in [9.17, 15) is 22.8 Å². The molecular weight excluding hydrogens is 605 g/mol. The molecule has 230 valence electrons. The fourth-order valence-corrected chi connectivity index (χ4v) is 6.77. The van der Waals surface area contributed by atoms with Gasteiger partial charge in [0.05, 0.1) is 36.5 Å². The van der Waals surface area contributed by atoms with Gasteiger partial charge in [-0.25, -0.2) is 15.0 Å². The molecule has 2 saturated heterocycles. The Morgan fingerprint density at radius 1 is 1.09 bits per heavy atom. The first kappa shape index (κ1) is 31.3. The van der Waals surface area contributed by atoms with Gasteiger partial charge in [0.1, 0.15) is 16.5 Å². The Morgan fingerprint density at radius 2 is 1.86 bits per heavy atom. The minimum absolute atomic E-state index is 0.0343. The van der Waals surface area contributed by atoms with Crippen molar-refractivity contribution in [3.05, 3.63) is 56.8 Å². The summed E-state index contributed by atoms with van der Waals surface area (Å²) in [7, 11) is 0. The van der Waals surface area contributed by atoms with Gasteiger partial charge in [0, 0.05) is 60.8 Å². The molecule has 5 rings (SSSR count). The number of carbonyl (C=O) groups excluding carboxylic acids is 1. The van der Waals surface area contributed by atoms with E-state index in [4.69, 9.17) is 16.7 Å². The van der Waals surface area contributed by atoms with E-state index in [1.807, 2.05) is 4.90 Å². The quantitative estimate of drug-likeness (QED) is 0.298. The molecule has 0 aliphatic carbocycles. The van der Waals surface area contributed by atoms with Gasteiger partial charge in [-0.3, -0.25) is 19.4 Å². The number of thiazole rings is 1. The Balaban J connectivity index is 1.31. The highest BCUT2D eigenvalue weighted by atomic mass is 35.5. The summed E-state index contributed by atoms with van der Waals surface area (Å²) in [6.07, 6.45) is 0.562. The summed E-state index contributed by atoms with van der Waals surface area (Å²) in [4.78, 5) is 44.6. The first-order valence-corrected chi connectivity index (χ1v) is 15.3. The number of Topliss-reactive ketones (excluding diaryl/α,β-unsaturated/α-hetero) is 1. The smallest absolute Gasteiger partial charge is 0.416 e. The molecule has 1 aromatic carbocycles. The highest BCUT2D eigenvalue weighted by Crippen LogP contribution is 2.38. The van der Waals surface area contributed by atoms with Crippen molar-refractivity contribution >= 4 is 40.5 Å². The van der Waals surface area contributed by atoms with Crippen LogP contribution in [0, 0.1) is 0 Å². The molecule has 3 aromatic rings. The third kappa shape index (κ3) is 7.88. The summed E-state index contributed by atoms with van der Waals surface area (Å²) in [6, 6.07) is 3.77. The second-order valence-electron chi connectivity index (χ2n) is 10.9. The number of rotatable bonds is 10. The van der Waals surface area contributed by atoms with E-state index >= 15 is 0 Å². The molecule has 2 aromatic heterocycles. The molecule has 2 aliphatic heterocycles. The summed E-state index contributed by atoms with van der Waals surface area (Å²) >= 11 is 7.41. The van der Waals surface area contributed by atoms with Gasteiger partial charge in [-0.2, -0.15) is 13.2 Å². The highest BCUT2D eigenvalue weighted by molar-refractivity contribution is 7.12. The van der Waals surface area contributed by atoms with E-state index in [-0.39, 0.29) is 34.9 Å². The molecule has 0 amide bonds. The lowest BCUT2D eigenvalue weighted by Crippen LogP contribution is -2.47. The van der Waals surface area contributed by atoms with Crippen molar-refractivity contribution in [1.29, 1.82) is 0 Å². The number of hydrogen-bond acceptors (Lipinski definition) is 9. The van der Waals surface area contributed by atoms with Gasteiger partial charge >= 0.3 is 12.1 Å². The number of ketones is 1. The predicted molar refractivity (Wildman–Crippen MR) is 158 cm³/mol. The lowest BCUT2D eigenvalue weighted by Gasteiger charge is -2.34. The average molecular weight is 637 g/mol. The van der Waals surface area contributed by atoms with Gasteiger partial charge in [-0.05, 0) is 44.5 Å². The largest absolute Gasteiger partial charge is 0.481 e. The molecule has 0 unspecified atom stereocenters. The van der Waals surface area contributed by atoms with Crippen LogP contribution in [-0.4, -0.2) is 86.9 Å². The average Bonchev–Trinajstić information content (AvgIpc) is 3.56. The van der Waals surface area contributed by atoms with Crippen molar-refractivity contribution in [2.45, 2.75) is 51.4 Å². The molecule has 4 heterocycles. The van der Waals surface area contributed by atoms with Crippen LogP contribution in [0.1, 0.15) is 52.1 Å². The van der Waals surface area contributed by atoms with Crippen LogP contribution in [0.2, 0.25) is 5.02 Å². The van der Waals surface area contributed by atoms with Crippen LogP contribution >= 0.6 is 22.9 Å². The van der Waals surface area contributed by atoms with Crippen molar-refractivity contribution in [3.63, 3.8) is 0 Å². The second kappa shape index (κ2) is 13.2. The lowest BCUT2D eigenvalue weighted by atomic mass is 10.1. The summed E-state index contributed by atoms with van der Waals surface area (Å²) < 4.78 is 40.7. The molecular formula is C29H32ClF3N6O3S. The molecule has 14 heteroatoms. The number of nitrogens with zero attached hydrogens (tertiary/aromatic N) is 6. The Morgan fingerprint density at radius 3 is 2.49 bits per heavy atom. The molecule has 0 saturated carbocycles. The zero-order valence-electron chi connectivity index (χ0n) is 23.6. The third-order valence-electron chi connectivity index (χ3n) is 7.85. The van der Waals surface area contributed by atoms with Crippen LogP contribution in [0.25, 0.3) is 11.3 Å².